The Bertz CT molecular complexity index is 660. The van der Waals surface area contributed by atoms with E-state index in [1.54, 1.807) is 19.4 Å². The third-order valence-electron chi connectivity index (χ3n) is 3.34. The van der Waals surface area contributed by atoms with E-state index in [0.29, 0.717) is 11.4 Å². The van der Waals surface area contributed by atoms with Gasteiger partial charge in [-0.15, -0.1) is 0 Å². The van der Waals surface area contributed by atoms with Crippen LogP contribution >= 0.6 is 0 Å². The molecule has 0 fully saturated rings. The molecule has 1 aromatic heterocycles. The first-order valence-electron chi connectivity index (χ1n) is 6.85. The van der Waals surface area contributed by atoms with Crippen molar-refractivity contribution in [2.45, 2.75) is 26.8 Å². The predicted octanol–water partition coefficient (Wildman–Crippen LogP) is 3.22. The Morgan fingerprint density at radius 2 is 2.05 bits per heavy atom. The van der Waals surface area contributed by atoms with Crippen molar-refractivity contribution in [1.29, 1.82) is 0 Å². The summed E-state index contributed by atoms with van der Waals surface area (Å²) in [5.41, 5.74) is 8.64. The molecular weight excluding hydrogens is 266 g/mol. The Balaban J connectivity index is 2.26. The van der Waals surface area contributed by atoms with Gasteiger partial charge in [0.1, 0.15) is 11.4 Å². The van der Waals surface area contributed by atoms with Gasteiger partial charge in [0.2, 0.25) is 0 Å². The van der Waals surface area contributed by atoms with Crippen LogP contribution in [0.5, 0.6) is 5.75 Å². The Kier molecular flexibility index (Phi) is 4.21. The molecule has 0 unspecified atom stereocenters. The van der Waals surface area contributed by atoms with Gasteiger partial charge in [-0.3, -0.25) is 4.79 Å². The lowest BCUT2D eigenvalue weighted by Gasteiger charge is -2.14. The van der Waals surface area contributed by atoms with Crippen LogP contribution in [-0.4, -0.2) is 17.6 Å². The summed E-state index contributed by atoms with van der Waals surface area (Å²) >= 11 is 0. The lowest BCUT2D eigenvalue weighted by molar-refractivity contribution is 0.101. The van der Waals surface area contributed by atoms with Crippen LogP contribution in [0.15, 0.2) is 30.5 Å². The summed E-state index contributed by atoms with van der Waals surface area (Å²) in [6.07, 6.45) is 1.78. The summed E-state index contributed by atoms with van der Waals surface area (Å²) in [7, 11) is 1.62. The Hall–Kier alpha value is -2.43. The first kappa shape index (κ1) is 15.0. The van der Waals surface area contributed by atoms with Crippen molar-refractivity contribution in [3.63, 3.8) is 0 Å². The molecule has 0 atom stereocenters. The second kappa shape index (κ2) is 5.91. The van der Waals surface area contributed by atoms with Crippen molar-refractivity contribution in [2.24, 2.45) is 0 Å². The Morgan fingerprint density at radius 1 is 1.33 bits per heavy atom. The number of hydrogen-bond acceptors (Lipinski definition) is 3. The van der Waals surface area contributed by atoms with E-state index >= 15 is 0 Å². The van der Waals surface area contributed by atoms with Crippen LogP contribution in [0.2, 0.25) is 0 Å². The molecule has 0 spiro atoms. The van der Waals surface area contributed by atoms with Gasteiger partial charge in [-0.05, 0) is 50.6 Å². The zero-order valence-electron chi connectivity index (χ0n) is 12.8. The van der Waals surface area contributed by atoms with Gasteiger partial charge in [0.15, 0.2) is 0 Å². The van der Waals surface area contributed by atoms with Gasteiger partial charge in [-0.25, -0.2) is 0 Å². The number of carbonyl (C=O) groups is 1. The topological polar surface area (TPSA) is 69.3 Å². The highest BCUT2D eigenvalue weighted by Gasteiger charge is 2.15. The standard InChI is InChI=1S/C16H21N3O2/c1-10(2)19-9-12(17)8-15(19)16(20)18-14-6-5-13(21-4)7-11(14)3/h5-10H,17H2,1-4H3,(H,18,20). The summed E-state index contributed by atoms with van der Waals surface area (Å²) < 4.78 is 7.02. The van der Waals surface area contributed by atoms with Crippen molar-refractivity contribution < 1.29 is 9.53 Å². The number of amides is 1. The Labute approximate surface area is 124 Å². The minimum absolute atomic E-state index is 0.167. The van der Waals surface area contributed by atoms with Crippen molar-refractivity contribution in [1.82, 2.24) is 4.57 Å². The van der Waals surface area contributed by atoms with E-state index in [-0.39, 0.29) is 11.9 Å². The molecule has 21 heavy (non-hydrogen) atoms. The molecule has 5 heteroatoms. The zero-order chi connectivity index (χ0) is 15.6. The van der Waals surface area contributed by atoms with Crippen LogP contribution in [0.25, 0.3) is 0 Å². The number of anilines is 2. The number of rotatable bonds is 4. The predicted molar refractivity (Wildman–Crippen MR) is 84.9 cm³/mol. The molecule has 0 aliphatic carbocycles. The van der Waals surface area contributed by atoms with Crippen LogP contribution < -0.4 is 15.8 Å². The maximum Gasteiger partial charge on any atom is 0.272 e. The molecule has 3 N–H and O–H groups in total. The number of ether oxygens (including phenoxy) is 1. The molecule has 0 radical (unpaired) electrons. The minimum Gasteiger partial charge on any atom is -0.497 e. The van der Waals surface area contributed by atoms with Crippen molar-refractivity contribution in [3.8, 4) is 5.75 Å². The lowest BCUT2D eigenvalue weighted by Crippen LogP contribution is -2.18. The lowest BCUT2D eigenvalue weighted by atomic mass is 10.2. The fourth-order valence-corrected chi connectivity index (χ4v) is 2.20. The number of carbonyl (C=O) groups excluding carboxylic acids is 1. The monoisotopic (exact) mass is 287 g/mol. The highest BCUT2D eigenvalue weighted by Crippen LogP contribution is 2.23. The second-order valence-corrected chi connectivity index (χ2v) is 5.29. The molecule has 0 aliphatic rings. The average molecular weight is 287 g/mol. The third-order valence-corrected chi connectivity index (χ3v) is 3.34. The summed E-state index contributed by atoms with van der Waals surface area (Å²) in [5.74, 6) is 0.592. The van der Waals surface area contributed by atoms with E-state index in [4.69, 9.17) is 10.5 Å². The van der Waals surface area contributed by atoms with Gasteiger partial charge in [-0.2, -0.15) is 0 Å². The molecule has 0 bridgehead atoms. The third kappa shape index (κ3) is 3.18. The number of aromatic nitrogens is 1. The molecule has 112 valence electrons. The van der Waals surface area contributed by atoms with Crippen molar-refractivity contribution >= 4 is 17.3 Å². The van der Waals surface area contributed by atoms with Gasteiger partial charge in [-0.1, -0.05) is 0 Å². The number of methoxy groups -OCH3 is 1. The summed E-state index contributed by atoms with van der Waals surface area (Å²) in [6, 6.07) is 7.39. The van der Waals surface area contributed by atoms with Gasteiger partial charge < -0.3 is 20.4 Å². The number of hydrogen-bond donors (Lipinski definition) is 2. The van der Waals surface area contributed by atoms with E-state index in [1.807, 2.05) is 43.5 Å². The molecule has 0 aliphatic heterocycles. The van der Waals surface area contributed by atoms with Crippen molar-refractivity contribution in [3.05, 3.63) is 41.7 Å². The van der Waals surface area contributed by atoms with E-state index in [9.17, 15) is 4.79 Å². The fraction of sp³-hybridized carbons (Fsp3) is 0.312. The summed E-state index contributed by atoms with van der Waals surface area (Å²) in [6.45, 7) is 5.94. The molecule has 1 aromatic carbocycles. The first-order valence-corrected chi connectivity index (χ1v) is 6.85. The van der Waals surface area contributed by atoms with Crippen LogP contribution in [-0.2, 0) is 0 Å². The second-order valence-electron chi connectivity index (χ2n) is 5.29. The maximum atomic E-state index is 12.4. The number of nitrogens with one attached hydrogen (secondary N) is 1. The molecule has 1 heterocycles. The fourth-order valence-electron chi connectivity index (χ4n) is 2.20. The molecule has 5 nitrogen and oxygen atoms in total. The molecule has 2 rings (SSSR count). The molecule has 0 saturated heterocycles. The van der Waals surface area contributed by atoms with Crippen molar-refractivity contribution in [2.75, 3.05) is 18.2 Å². The average Bonchev–Trinajstić information content (AvgIpc) is 2.83. The highest BCUT2D eigenvalue weighted by molar-refractivity contribution is 6.04. The first-order chi connectivity index (χ1) is 9.92. The van der Waals surface area contributed by atoms with Gasteiger partial charge in [0.25, 0.3) is 5.91 Å². The van der Waals surface area contributed by atoms with Gasteiger partial charge in [0.05, 0.1) is 12.8 Å². The van der Waals surface area contributed by atoms with Crippen LogP contribution in [0, 0.1) is 6.92 Å². The number of nitrogen functional groups attached to an aromatic ring is 1. The van der Waals surface area contributed by atoms with E-state index in [1.165, 1.54) is 0 Å². The number of nitrogens with two attached hydrogens (primary N) is 1. The number of aryl methyl sites for hydroxylation is 1. The molecular formula is C16H21N3O2. The molecule has 0 saturated carbocycles. The molecule has 1 amide bonds. The summed E-state index contributed by atoms with van der Waals surface area (Å²) in [4.78, 5) is 12.4. The highest BCUT2D eigenvalue weighted by atomic mass is 16.5. The smallest absolute Gasteiger partial charge is 0.272 e. The van der Waals surface area contributed by atoms with E-state index in [0.717, 1.165) is 17.0 Å². The van der Waals surface area contributed by atoms with Crippen LogP contribution in [0.3, 0.4) is 0 Å². The maximum absolute atomic E-state index is 12.4. The van der Waals surface area contributed by atoms with Gasteiger partial charge >= 0.3 is 0 Å². The molecule has 2 aromatic rings. The number of nitrogens with zero attached hydrogens (tertiary/aromatic N) is 1. The minimum atomic E-state index is -0.173. The van der Waals surface area contributed by atoms with Gasteiger partial charge in [0, 0.05) is 17.9 Å². The van der Waals surface area contributed by atoms with E-state index in [2.05, 4.69) is 5.32 Å². The number of benzene rings is 1. The van der Waals surface area contributed by atoms with Crippen LogP contribution in [0.1, 0.15) is 35.9 Å². The summed E-state index contributed by atoms with van der Waals surface area (Å²) in [5, 5.41) is 2.92. The largest absolute Gasteiger partial charge is 0.497 e. The zero-order valence-corrected chi connectivity index (χ0v) is 12.8. The normalized spacial score (nSPS) is 10.7. The Morgan fingerprint density at radius 3 is 2.62 bits per heavy atom. The quantitative estimate of drug-likeness (QED) is 0.907. The SMILES string of the molecule is COc1ccc(NC(=O)c2cc(N)cn2C(C)C)c(C)c1. The van der Waals surface area contributed by atoms with E-state index < -0.39 is 0 Å². The van der Waals surface area contributed by atoms with Crippen LogP contribution in [0.4, 0.5) is 11.4 Å².